The molecule has 0 atom stereocenters. The van der Waals surface area contributed by atoms with E-state index in [0.717, 1.165) is 0 Å². The molecule has 0 spiro atoms. The van der Waals surface area contributed by atoms with Crippen LogP contribution < -0.4 is 0 Å². The van der Waals surface area contributed by atoms with Crippen LogP contribution in [-0.4, -0.2) is 26.6 Å². The molecule has 2 N–H and O–H groups in total. The van der Waals surface area contributed by atoms with Crippen LogP contribution in [0.15, 0.2) is 0 Å². The van der Waals surface area contributed by atoms with Crippen LogP contribution in [0.5, 0.6) is 0 Å². The second-order valence-electron chi connectivity index (χ2n) is 0.0714. The van der Waals surface area contributed by atoms with Crippen LogP contribution in [0.25, 0.3) is 0 Å². The minimum atomic E-state index is 0. The van der Waals surface area contributed by atoms with Gasteiger partial charge in [0.05, 0.1) is 0 Å². The topological polar surface area (TPSA) is 60.0 Å². The normalized spacial score (nSPS) is 3.00. The SMILES string of the molecule is [I][Pb][I].[OH-].[OH-].[Zn+2]. The molecule has 0 aliphatic heterocycles. The smallest absolute Gasteiger partial charge is 0.870 e. The standard InChI is InChI=1S/2HI.2H2O.Pb.Zn/h2*1H;2*1H2;;/q;;;;2*+2/p-4. The fourth-order valence-corrected chi connectivity index (χ4v) is 0. The summed E-state index contributed by atoms with van der Waals surface area (Å²) in [7, 11) is 0. The summed E-state index contributed by atoms with van der Waals surface area (Å²) >= 11 is 4.96. The van der Waals surface area contributed by atoms with Crippen LogP contribution in [0.1, 0.15) is 0 Å². The molecule has 0 heterocycles. The number of hydrogen-bond donors (Lipinski definition) is 0. The Morgan fingerprint density at radius 3 is 1.00 bits per heavy atom. The zero-order chi connectivity index (χ0) is 2.71. The molecule has 6 heteroatoms. The van der Waals surface area contributed by atoms with E-state index in [-0.39, 0.29) is 46.1 Å². The number of halogens is 2. The van der Waals surface area contributed by atoms with E-state index in [1.54, 1.807) is 0 Å². The summed E-state index contributed by atoms with van der Waals surface area (Å²) < 4.78 is 0. The Morgan fingerprint density at radius 2 is 1.00 bits per heavy atom. The molecule has 0 rings (SSSR count). The third kappa shape index (κ3) is 28.4. The molecule has 2 radical (unpaired) electrons. The predicted octanol–water partition coefficient (Wildman–Crippen LogP) is 1.03. The van der Waals surface area contributed by atoms with Crippen molar-refractivity contribution in [2.45, 2.75) is 0 Å². The van der Waals surface area contributed by atoms with Gasteiger partial charge in [-0.05, 0) is 0 Å². The van der Waals surface area contributed by atoms with E-state index in [0.29, 0.717) is 0 Å². The Kier molecular flexibility index (Phi) is 95.0. The number of rotatable bonds is 0. The van der Waals surface area contributed by atoms with E-state index in [1.807, 2.05) is 0 Å². The van der Waals surface area contributed by atoms with Gasteiger partial charge in [-0.25, -0.2) is 0 Å². The molecule has 0 aromatic heterocycles. The quantitative estimate of drug-likeness (QED) is 0.329. The van der Waals surface area contributed by atoms with Crippen LogP contribution in [0, 0.1) is 0 Å². The Labute approximate surface area is 79.7 Å². The summed E-state index contributed by atoms with van der Waals surface area (Å²) in [6.45, 7) is 0. The van der Waals surface area contributed by atoms with E-state index in [4.69, 9.17) is 0 Å². The second kappa shape index (κ2) is 24.7. The molecule has 0 unspecified atom stereocenters. The van der Waals surface area contributed by atoms with Crippen LogP contribution in [-0.2, 0) is 19.5 Å². The molecule has 0 aromatic carbocycles. The van der Waals surface area contributed by atoms with Gasteiger partial charge in [-0.2, -0.15) is 0 Å². The van der Waals surface area contributed by atoms with Gasteiger partial charge < -0.3 is 11.0 Å². The molecule has 0 aromatic rings. The van der Waals surface area contributed by atoms with Crippen molar-refractivity contribution in [2.75, 3.05) is 0 Å². The van der Waals surface area contributed by atoms with Gasteiger partial charge in [0.25, 0.3) is 0 Å². The van der Waals surface area contributed by atoms with E-state index in [2.05, 4.69) is 35.5 Å². The van der Waals surface area contributed by atoms with Gasteiger partial charge in [-0.15, -0.1) is 0 Å². The average molecular weight is 560 g/mol. The Morgan fingerprint density at radius 1 is 1.00 bits per heavy atom. The molecule has 0 aliphatic carbocycles. The van der Waals surface area contributed by atoms with E-state index >= 15 is 0 Å². The molecular weight excluding hydrogens is 558 g/mol. The second-order valence-corrected chi connectivity index (χ2v) is 28.2. The summed E-state index contributed by atoms with van der Waals surface area (Å²) in [4.78, 5) is 0. The number of hydrogen-bond acceptors (Lipinski definition) is 2. The van der Waals surface area contributed by atoms with Crippen LogP contribution in [0.4, 0.5) is 0 Å². The fourth-order valence-electron chi connectivity index (χ4n) is 0. The van der Waals surface area contributed by atoms with E-state index in [1.165, 1.54) is 0 Å². The van der Waals surface area contributed by atoms with Crippen molar-refractivity contribution in [3.63, 3.8) is 0 Å². The monoisotopic (exact) mass is 560 g/mol. The molecule has 34 valence electrons. The van der Waals surface area contributed by atoms with Crippen molar-refractivity contribution in [1.29, 1.82) is 0 Å². The van der Waals surface area contributed by atoms with Crippen molar-refractivity contribution in [2.24, 2.45) is 0 Å². The molecular formula is H2I2O2PbZn. The molecule has 0 saturated carbocycles. The van der Waals surface area contributed by atoms with Crippen LogP contribution in [0.2, 0.25) is 0 Å². The summed E-state index contributed by atoms with van der Waals surface area (Å²) in [6.07, 6.45) is 0. The Bertz CT molecular complexity index is 11.5. The molecule has 0 saturated heterocycles. The van der Waals surface area contributed by atoms with Gasteiger partial charge in [0.2, 0.25) is 0 Å². The third-order valence-corrected chi connectivity index (χ3v) is 0. The van der Waals surface area contributed by atoms with Crippen molar-refractivity contribution >= 4 is 51.2 Å². The third-order valence-electron chi connectivity index (χ3n) is 0. The summed E-state index contributed by atoms with van der Waals surface area (Å²) in [5, 5.41) is 0. The first kappa shape index (κ1) is 23.1. The first-order chi connectivity index (χ1) is 1.41. The van der Waals surface area contributed by atoms with Crippen molar-refractivity contribution in [1.82, 2.24) is 0 Å². The first-order valence-corrected chi connectivity index (χ1v) is 22.2. The average Bonchev–Trinajstić information content (AvgIpc) is 0.918. The van der Waals surface area contributed by atoms with Crippen molar-refractivity contribution in [3.8, 4) is 0 Å². The van der Waals surface area contributed by atoms with Gasteiger partial charge >= 0.3 is 70.6 Å². The zero-order valence-corrected chi connectivity index (χ0v) is 14.0. The summed E-state index contributed by atoms with van der Waals surface area (Å²) in [5.41, 5.74) is 0. The van der Waals surface area contributed by atoms with Gasteiger partial charge in [0.15, 0.2) is 0 Å². The minimum absolute atomic E-state index is 0. The van der Waals surface area contributed by atoms with Crippen LogP contribution >= 0.6 is 35.5 Å². The Hall–Kier alpha value is 2.93. The predicted molar refractivity (Wildman–Crippen MR) is 37.7 cm³/mol. The summed E-state index contributed by atoms with van der Waals surface area (Å²) in [6, 6.07) is 0. The van der Waals surface area contributed by atoms with Crippen LogP contribution in [0.3, 0.4) is 0 Å². The van der Waals surface area contributed by atoms with Gasteiger partial charge in [0, 0.05) is 0 Å². The summed E-state index contributed by atoms with van der Waals surface area (Å²) in [5.74, 6) is 0. The molecule has 0 amide bonds. The molecule has 6 heavy (non-hydrogen) atoms. The van der Waals surface area contributed by atoms with Crippen molar-refractivity contribution in [3.05, 3.63) is 0 Å². The molecule has 0 bridgehead atoms. The Balaban J connectivity index is -0.00000000667. The van der Waals surface area contributed by atoms with Gasteiger partial charge in [0.1, 0.15) is 0 Å². The molecule has 0 aliphatic rings. The fraction of sp³-hybridized carbons (Fsp3) is 0. The minimum Gasteiger partial charge on any atom is -0.870 e. The van der Waals surface area contributed by atoms with Crippen molar-refractivity contribution < 1.29 is 30.4 Å². The largest absolute Gasteiger partial charge is 2.00 e. The first-order valence-electron chi connectivity index (χ1n) is 0.378. The van der Waals surface area contributed by atoms with Gasteiger partial charge in [-0.1, -0.05) is 0 Å². The van der Waals surface area contributed by atoms with E-state index < -0.39 is 0 Å². The maximum Gasteiger partial charge on any atom is 2.00 e. The maximum atomic E-state index is 2.47. The van der Waals surface area contributed by atoms with Gasteiger partial charge in [-0.3, -0.25) is 0 Å². The zero-order valence-electron chi connectivity index (χ0n) is 2.86. The molecule has 2 nitrogen and oxygen atoms in total. The molecule has 0 fully saturated rings. The van der Waals surface area contributed by atoms with E-state index in [9.17, 15) is 0 Å². The maximum absolute atomic E-state index is 2.47.